The van der Waals surface area contributed by atoms with E-state index in [1.807, 2.05) is 26.8 Å². The molecular formula is C14H23NO2. The second kappa shape index (κ2) is 11.1. The van der Waals surface area contributed by atoms with Gasteiger partial charge in [0, 0.05) is 19.2 Å². The molecule has 0 aromatic carbocycles. The Labute approximate surface area is 105 Å². The van der Waals surface area contributed by atoms with E-state index in [0.717, 1.165) is 0 Å². The fourth-order valence-electron chi connectivity index (χ4n) is 1.31. The minimum Gasteiger partial charge on any atom is -0.396 e. The summed E-state index contributed by atoms with van der Waals surface area (Å²) >= 11 is 0. The maximum absolute atomic E-state index is 10.1. The van der Waals surface area contributed by atoms with Crippen molar-refractivity contribution in [1.29, 1.82) is 0 Å². The van der Waals surface area contributed by atoms with Gasteiger partial charge in [0.25, 0.3) is 0 Å². The molecule has 0 fully saturated rings. The van der Waals surface area contributed by atoms with Gasteiger partial charge in [0.1, 0.15) is 5.60 Å². The van der Waals surface area contributed by atoms with Gasteiger partial charge in [-0.25, -0.2) is 0 Å². The zero-order valence-electron chi connectivity index (χ0n) is 10.9. The van der Waals surface area contributed by atoms with Crippen LogP contribution in [-0.4, -0.2) is 21.8 Å². The molecule has 0 saturated carbocycles. The molecule has 1 aromatic rings. The van der Waals surface area contributed by atoms with Crippen molar-refractivity contribution in [2.24, 2.45) is 0 Å². The Balaban J connectivity index is 0. The van der Waals surface area contributed by atoms with E-state index in [4.69, 9.17) is 5.11 Å². The molecule has 1 heterocycles. The molecule has 0 aliphatic carbocycles. The number of rotatable bonds is 4. The molecule has 0 radical (unpaired) electrons. The number of nitrogens with zero attached hydrogens (tertiary/aromatic N) is 1. The molecular weight excluding hydrogens is 214 g/mol. The molecule has 0 bridgehead atoms. The number of pyridine rings is 1. The van der Waals surface area contributed by atoms with Crippen LogP contribution >= 0.6 is 0 Å². The Bertz CT molecular complexity index is 285. The molecule has 3 nitrogen and oxygen atoms in total. The topological polar surface area (TPSA) is 53.4 Å². The summed E-state index contributed by atoms with van der Waals surface area (Å²) in [5.41, 5.74) is -0.345. The lowest BCUT2D eigenvalue weighted by molar-refractivity contribution is 0.00386. The Morgan fingerprint density at radius 2 is 1.88 bits per heavy atom. The van der Waals surface area contributed by atoms with E-state index in [-0.39, 0.29) is 6.61 Å². The van der Waals surface area contributed by atoms with E-state index in [2.05, 4.69) is 17.8 Å². The quantitative estimate of drug-likeness (QED) is 0.790. The fraction of sp³-hybridized carbons (Fsp3) is 0.500. The van der Waals surface area contributed by atoms with Crippen LogP contribution in [0.3, 0.4) is 0 Å². The third-order valence-corrected chi connectivity index (χ3v) is 2.25. The number of aromatic nitrogens is 1. The van der Waals surface area contributed by atoms with Crippen molar-refractivity contribution < 1.29 is 10.2 Å². The molecule has 1 unspecified atom stereocenters. The molecule has 0 spiro atoms. The van der Waals surface area contributed by atoms with Gasteiger partial charge in [0.15, 0.2) is 0 Å². The summed E-state index contributed by atoms with van der Waals surface area (Å²) in [4.78, 5) is 4.08. The Hall–Kier alpha value is -1.37. The Morgan fingerprint density at radius 1 is 1.29 bits per heavy atom. The lowest BCUT2D eigenvalue weighted by Gasteiger charge is -2.24. The zero-order valence-corrected chi connectivity index (χ0v) is 10.9. The first-order valence-corrected chi connectivity index (χ1v) is 5.81. The molecule has 2 N–H and O–H groups in total. The smallest absolute Gasteiger partial charge is 0.108 e. The van der Waals surface area contributed by atoms with Crippen molar-refractivity contribution in [2.45, 2.75) is 39.2 Å². The summed E-state index contributed by atoms with van der Waals surface area (Å²) in [7, 11) is 0. The number of terminal acetylenes is 1. The largest absolute Gasteiger partial charge is 0.396 e. The first-order valence-electron chi connectivity index (χ1n) is 5.81. The van der Waals surface area contributed by atoms with Crippen molar-refractivity contribution >= 4 is 0 Å². The summed E-state index contributed by atoms with van der Waals surface area (Å²) in [6.45, 7) is 5.85. The van der Waals surface area contributed by atoms with E-state index in [9.17, 15) is 5.11 Å². The molecule has 0 amide bonds. The van der Waals surface area contributed by atoms with E-state index < -0.39 is 5.60 Å². The normalized spacial score (nSPS) is 12.2. The van der Waals surface area contributed by atoms with Crippen LogP contribution in [0.1, 0.15) is 39.3 Å². The van der Waals surface area contributed by atoms with Gasteiger partial charge in [0.05, 0.1) is 5.69 Å². The van der Waals surface area contributed by atoms with Gasteiger partial charge in [-0.1, -0.05) is 26.8 Å². The predicted molar refractivity (Wildman–Crippen MR) is 71.4 cm³/mol. The summed E-state index contributed by atoms with van der Waals surface area (Å²) in [5, 5.41) is 18.9. The number of aliphatic hydroxyl groups is 2. The number of hydrogen-bond acceptors (Lipinski definition) is 3. The molecule has 17 heavy (non-hydrogen) atoms. The van der Waals surface area contributed by atoms with Crippen LogP contribution in [0.15, 0.2) is 24.4 Å². The van der Waals surface area contributed by atoms with Gasteiger partial charge in [-0.05, 0) is 18.6 Å². The Kier molecular flexibility index (Phi) is 11.8. The van der Waals surface area contributed by atoms with Gasteiger partial charge >= 0.3 is 0 Å². The molecule has 0 saturated heterocycles. The SMILES string of the molecule is C#C.CC.CCC(O)(CCO)c1ccccn1. The predicted octanol–water partition coefficient (Wildman–Crippen LogP) is 2.34. The molecule has 96 valence electrons. The highest BCUT2D eigenvalue weighted by Crippen LogP contribution is 2.25. The monoisotopic (exact) mass is 237 g/mol. The highest BCUT2D eigenvalue weighted by molar-refractivity contribution is 5.12. The van der Waals surface area contributed by atoms with Gasteiger partial charge < -0.3 is 10.2 Å². The van der Waals surface area contributed by atoms with Crippen LogP contribution in [0.4, 0.5) is 0 Å². The van der Waals surface area contributed by atoms with Crippen LogP contribution in [0.2, 0.25) is 0 Å². The molecule has 0 aliphatic heterocycles. The second-order valence-corrected chi connectivity index (χ2v) is 3.07. The van der Waals surface area contributed by atoms with E-state index >= 15 is 0 Å². The third kappa shape index (κ3) is 6.06. The fourth-order valence-corrected chi connectivity index (χ4v) is 1.31. The van der Waals surface area contributed by atoms with Crippen LogP contribution in [0.25, 0.3) is 0 Å². The Morgan fingerprint density at radius 3 is 2.24 bits per heavy atom. The van der Waals surface area contributed by atoms with Gasteiger partial charge in [-0.3, -0.25) is 4.98 Å². The highest BCUT2D eigenvalue weighted by atomic mass is 16.3. The second-order valence-electron chi connectivity index (χ2n) is 3.07. The van der Waals surface area contributed by atoms with Crippen molar-refractivity contribution in [3.63, 3.8) is 0 Å². The maximum Gasteiger partial charge on any atom is 0.108 e. The molecule has 1 aromatic heterocycles. The number of aliphatic hydroxyl groups excluding tert-OH is 1. The van der Waals surface area contributed by atoms with E-state index in [1.54, 1.807) is 18.3 Å². The average Bonchev–Trinajstić information content (AvgIpc) is 2.44. The van der Waals surface area contributed by atoms with Gasteiger partial charge in [-0.2, -0.15) is 0 Å². The van der Waals surface area contributed by atoms with Crippen molar-refractivity contribution in [2.75, 3.05) is 6.61 Å². The zero-order chi connectivity index (χ0) is 13.7. The molecule has 3 heteroatoms. The maximum atomic E-state index is 10.1. The van der Waals surface area contributed by atoms with Crippen molar-refractivity contribution in [3.05, 3.63) is 30.1 Å². The molecule has 1 atom stereocenters. The first kappa shape index (κ1) is 18.0. The average molecular weight is 237 g/mol. The van der Waals surface area contributed by atoms with Crippen molar-refractivity contribution in [3.8, 4) is 12.8 Å². The standard InChI is InChI=1S/C10H15NO2.C2H6.C2H2/c1-2-10(13,6-8-12)9-5-3-4-7-11-9;2*1-2/h3-5,7,12-13H,2,6,8H2,1H3;1-2H3;1-2H. The minimum atomic E-state index is -0.976. The molecule has 1 rings (SSSR count). The lowest BCUT2D eigenvalue weighted by Crippen LogP contribution is -2.27. The van der Waals surface area contributed by atoms with Crippen LogP contribution in [0.5, 0.6) is 0 Å². The van der Waals surface area contributed by atoms with Gasteiger partial charge in [-0.15, -0.1) is 12.8 Å². The van der Waals surface area contributed by atoms with Gasteiger partial charge in [0.2, 0.25) is 0 Å². The highest BCUT2D eigenvalue weighted by Gasteiger charge is 2.27. The lowest BCUT2D eigenvalue weighted by atomic mass is 9.92. The third-order valence-electron chi connectivity index (χ3n) is 2.25. The molecule has 0 aliphatic rings. The van der Waals surface area contributed by atoms with E-state index in [1.165, 1.54) is 0 Å². The minimum absolute atomic E-state index is 0.0269. The summed E-state index contributed by atoms with van der Waals surface area (Å²) in [5.74, 6) is 0. The van der Waals surface area contributed by atoms with Crippen LogP contribution in [0, 0.1) is 12.8 Å². The summed E-state index contributed by atoms with van der Waals surface area (Å²) in [6, 6.07) is 5.41. The number of hydrogen-bond donors (Lipinski definition) is 2. The first-order chi connectivity index (χ1) is 8.23. The summed E-state index contributed by atoms with van der Waals surface area (Å²) < 4.78 is 0. The summed E-state index contributed by atoms with van der Waals surface area (Å²) in [6.07, 6.45) is 10.5. The van der Waals surface area contributed by atoms with Crippen LogP contribution < -0.4 is 0 Å². The van der Waals surface area contributed by atoms with E-state index in [0.29, 0.717) is 18.5 Å². The van der Waals surface area contributed by atoms with Crippen molar-refractivity contribution in [1.82, 2.24) is 4.98 Å². The van der Waals surface area contributed by atoms with Crippen LogP contribution in [-0.2, 0) is 5.60 Å².